The number of rotatable bonds is 5. The van der Waals surface area contributed by atoms with E-state index in [4.69, 9.17) is 9.47 Å². The maximum atomic E-state index is 13.0. The number of carbonyl (C=O) groups excluding carboxylic acids is 1. The molecule has 0 saturated carbocycles. The number of hydrogen-bond acceptors (Lipinski definition) is 5. The number of carbonyl (C=O) groups is 1. The third-order valence-corrected chi connectivity index (χ3v) is 7.08. The Labute approximate surface area is 161 Å². The minimum atomic E-state index is -3.62. The number of amides is 1. The zero-order valence-electron chi connectivity index (χ0n) is 15.9. The van der Waals surface area contributed by atoms with Crippen LogP contribution in [0.3, 0.4) is 0 Å². The van der Waals surface area contributed by atoms with Crippen LogP contribution in [0.5, 0.6) is 11.5 Å². The van der Waals surface area contributed by atoms with E-state index < -0.39 is 10.0 Å². The summed E-state index contributed by atoms with van der Waals surface area (Å²) in [6, 6.07) is 4.89. The van der Waals surface area contributed by atoms with Gasteiger partial charge in [0.2, 0.25) is 15.9 Å². The maximum Gasteiger partial charge on any atom is 0.243 e. The normalized spacial score (nSPS) is 19.9. The van der Waals surface area contributed by atoms with Crippen molar-refractivity contribution in [3.63, 3.8) is 0 Å². The van der Waals surface area contributed by atoms with E-state index >= 15 is 0 Å². The summed E-state index contributed by atoms with van der Waals surface area (Å²) in [5, 5.41) is 2.99. The van der Waals surface area contributed by atoms with Crippen molar-refractivity contribution in [2.45, 2.75) is 50.5 Å². The van der Waals surface area contributed by atoms with Crippen LogP contribution in [0.2, 0.25) is 0 Å². The Morgan fingerprint density at radius 3 is 2.56 bits per heavy atom. The van der Waals surface area contributed by atoms with Crippen LogP contribution in [0.25, 0.3) is 0 Å². The second-order valence-electron chi connectivity index (χ2n) is 7.16. The van der Waals surface area contributed by atoms with Gasteiger partial charge in [0.1, 0.15) is 0 Å². The molecule has 1 N–H and O–H groups in total. The molecule has 1 aromatic rings. The number of hydrogen-bond donors (Lipinski definition) is 1. The Bertz CT molecular complexity index is 772. The fraction of sp³-hybridized carbons (Fsp3) is 0.632. The first-order chi connectivity index (χ1) is 12.9. The van der Waals surface area contributed by atoms with Crippen LogP contribution in [0.15, 0.2) is 23.1 Å². The summed E-state index contributed by atoms with van der Waals surface area (Å²) < 4.78 is 38.6. The number of benzene rings is 1. The van der Waals surface area contributed by atoms with Crippen LogP contribution in [0, 0.1) is 5.92 Å². The number of fused-ring (bicyclic) bond motifs is 1. The van der Waals surface area contributed by atoms with Gasteiger partial charge in [-0.05, 0) is 38.3 Å². The van der Waals surface area contributed by atoms with Gasteiger partial charge in [0.25, 0.3) is 0 Å². The number of ether oxygens (including phenoxy) is 2. The fourth-order valence-corrected chi connectivity index (χ4v) is 4.76. The van der Waals surface area contributed by atoms with Crippen molar-refractivity contribution < 1.29 is 22.7 Å². The minimum Gasteiger partial charge on any atom is -0.490 e. The summed E-state index contributed by atoms with van der Waals surface area (Å²) >= 11 is 0. The molecule has 3 rings (SSSR count). The van der Waals surface area contributed by atoms with E-state index in [0.717, 1.165) is 12.8 Å². The Morgan fingerprint density at radius 1 is 1.22 bits per heavy atom. The van der Waals surface area contributed by atoms with Gasteiger partial charge in [-0.25, -0.2) is 8.42 Å². The molecule has 150 valence electrons. The lowest BCUT2D eigenvalue weighted by Gasteiger charge is -2.31. The quantitative estimate of drug-likeness (QED) is 0.824. The second-order valence-corrected chi connectivity index (χ2v) is 9.09. The Morgan fingerprint density at radius 2 is 1.89 bits per heavy atom. The highest BCUT2D eigenvalue weighted by Gasteiger charge is 2.33. The van der Waals surface area contributed by atoms with Crippen LogP contribution < -0.4 is 14.8 Å². The molecule has 1 aromatic carbocycles. The van der Waals surface area contributed by atoms with E-state index in [1.165, 1.54) is 10.4 Å². The number of piperidine rings is 1. The zero-order chi connectivity index (χ0) is 19.4. The lowest BCUT2D eigenvalue weighted by atomic mass is 9.97. The number of sulfonamides is 1. The summed E-state index contributed by atoms with van der Waals surface area (Å²) in [4.78, 5) is 12.5. The van der Waals surface area contributed by atoms with E-state index in [1.807, 2.05) is 13.8 Å². The summed E-state index contributed by atoms with van der Waals surface area (Å²) in [5.74, 6) is 0.939. The topological polar surface area (TPSA) is 84.9 Å². The second kappa shape index (κ2) is 8.48. The van der Waals surface area contributed by atoms with Gasteiger partial charge < -0.3 is 14.8 Å². The van der Waals surface area contributed by atoms with Crippen LogP contribution in [0.4, 0.5) is 0 Å². The first kappa shape index (κ1) is 19.9. The van der Waals surface area contributed by atoms with Crippen molar-refractivity contribution in [3.8, 4) is 11.5 Å². The molecule has 1 amide bonds. The van der Waals surface area contributed by atoms with Gasteiger partial charge in [0.15, 0.2) is 11.5 Å². The van der Waals surface area contributed by atoms with Crippen LogP contribution in [-0.2, 0) is 14.8 Å². The minimum absolute atomic E-state index is 0.0250. The molecule has 0 radical (unpaired) electrons. The summed E-state index contributed by atoms with van der Waals surface area (Å²) in [6.07, 6.45) is 2.71. The van der Waals surface area contributed by atoms with E-state index in [9.17, 15) is 13.2 Å². The average molecular weight is 397 g/mol. The molecule has 1 saturated heterocycles. The molecule has 0 aromatic heterocycles. The van der Waals surface area contributed by atoms with Gasteiger partial charge in [-0.15, -0.1) is 0 Å². The molecule has 2 aliphatic rings. The predicted molar refractivity (Wildman–Crippen MR) is 101 cm³/mol. The first-order valence-electron chi connectivity index (χ1n) is 9.62. The van der Waals surface area contributed by atoms with E-state index in [0.29, 0.717) is 50.6 Å². The zero-order valence-corrected chi connectivity index (χ0v) is 16.8. The van der Waals surface area contributed by atoms with Crippen LogP contribution >= 0.6 is 0 Å². The lowest BCUT2D eigenvalue weighted by molar-refractivity contribution is -0.126. The standard InChI is InChI=1S/C19H28N2O5S/c1-3-14(2)20-19(22)15-7-9-21(10-8-15)27(23,24)16-5-6-17-18(13-16)26-12-4-11-25-17/h5-6,13-15H,3-4,7-12H2,1-2H3,(H,20,22)/t14-/m0/s1. The molecule has 0 spiro atoms. The van der Waals surface area contributed by atoms with Crippen LogP contribution in [0.1, 0.15) is 39.5 Å². The van der Waals surface area contributed by atoms with Gasteiger partial charge in [-0.1, -0.05) is 6.92 Å². The van der Waals surface area contributed by atoms with Gasteiger partial charge in [0, 0.05) is 37.5 Å². The highest BCUT2D eigenvalue weighted by molar-refractivity contribution is 7.89. The molecular weight excluding hydrogens is 368 g/mol. The van der Waals surface area contributed by atoms with Gasteiger partial charge in [0.05, 0.1) is 18.1 Å². The average Bonchev–Trinajstić information content (AvgIpc) is 2.92. The third-order valence-electron chi connectivity index (χ3n) is 5.18. The summed E-state index contributed by atoms with van der Waals surface area (Å²) in [5.41, 5.74) is 0. The van der Waals surface area contributed by atoms with Gasteiger partial charge >= 0.3 is 0 Å². The summed E-state index contributed by atoms with van der Waals surface area (Å²) in [7, 11) is -3.62. The highest BCUT2D eigenvalue weighted by atomic mass is 32.2. The molecule has 1 atom stereocenters. The Hall–Kier alpha value is -1.80. The molecule has 2 aliphatic heterocycles. The van der Waals surface area contributed by atoms with Crippen molar-refractivity contribution in [1.29, 1.82) is 0 Å². The van der Waals surface area contributed by atoms with Crippen molar-refractivity contribution in [1.82, 2.24) is 9.62 Å². The van der Waals surface area contributed by atoms with E-state index in [1.54, 1.807) is 12.1 Å². The Kier molecular flexibility index (Phi) is 6.26. The fourth-order valence-electron chi connectivity index (χ4n) is 3.27. The smallest absolute Gasteiger partial charge is 0.243 e. The van der Waals surface area contributed by atoms with Crippen molar-refractivity contribution >= 4 is 15.9 Å². The van der Waals surface area contributed by atoms with Gasteiger partial charge in [-0.2, -0.15) is 4.31 Å². The summed E-state index contributed by atoms with van der Waals surface area (Å²) in [6.45, 7) is 5.75. The van der Waals surface area contributed by atoms with Crippen molar-refractivity contribution in [2.75, 3.05) is 26.3 Å². The molecule has 1 fully saturated rings. The number of nitrogens with zero attached hydrogens (tertiary/aromatic N) is 1. The Balaban J connectivity index is 1.67. The third kappa shape index (κ3) is 4.55. The van der Waals surface area contributed by atoms with Crippen molar-refractivity contribution in [3.05, 3.63) is 18.2 Å². The molecule has 2 heterocycles. The number of nitrogens with one attached hydrogen (secondary N) is 1. The van der Waals surface area contributed by atoms with Crippen molar-refractivity contribution in [2.24, 2.45) is 5.92 Å². The van der Waals surface area contributed by atoms with E-state index in [-0.39, 0.29) is 22.8 Å². The largest absolute Gasteiger partial charge is 0.490 e. The van der Waals surface area contributed by atoms with Gasteiger partial charge in [-0.3, -0.25) is 4.79 Å². The molecule has 27 heavy (non-hydrogen) atoms. The first-order valence-corrected chi connectivity index (χ1v) is 11.1. The lowest BCUT2D eigenvalue weighted by Crippen LogP contribution is -2.44. The molecule has 0 unspecified atom stereocenters. The molecule has 0 aliphatic carbocycles. The monoisotopic (exact) mass is 396 g/mol. The van der Waals surface area contributed by atoms with Crippen LogP contribution in [-0.4, -0.2) is 51.0 Å². The molecule has 7 nitrogen and oxygen atoms in total. The SMILES string of the molecule is CC[C@H](C)NC(=O)C1CCN(S(=O)(=O)c2ccc3c(c2)OCCCO3)CC1. The highest BCUT2D eigenvalue weighted by Crippen LogP contribution is 2.33. The molecular formula is C19H28N2O5S. The molecule has 8 heteroatoms. The molecule has 0 bridgehead atoms. The maximum absolute atomic E-state index is 13.0. The van der Waals surface area contributed by atoms with E-state index in [2.05, 4.69) is 5.32 Å². The predicted octanol–water partition coefficient (Wildman–Crippen LogP) is 2.16.